The quantitative estimate of drug-likeness (QED) is 0.575. The predicted octanol–water partition coefficient (Wildman–Crippen LogP) is 2.84. The van der Waals surface area contributed by atoms with Gasteiger partial charge in [0.25, 0.3) is 11.5 Å². The molecule has 0 saturated carbocycles. The van der Waals surface area contributed by atoms with E-state index in [1.54, 1.807) is 30.5 Å². The highest BCUT2D eigenvalue weighted by molar-refractivity contribution is 6.30. The van der Waals surface area contributed by atoms with Gasteiger partial charge in [0.2, 0.25) is 5.91 Å². The number of carbonyl (C=O) groups is 2. The first-order valence-electron chi connectivity index (χ1n) is 10.3. The summed E-state index contributed by atoms with van der Waals surface area (Å²) in [6, 6.07) is 12.4. The smallest absolute Gasteiger partial charge is 0.265 e. The molecule has 1 N–H and O–H groups in total. The van der Waals surface area contributed by atoms with Gasteiger partial charge in [-0.1, -0.05) is 23.7 Å². The molecule has 1 aliphatic heterocycles. The normalized spacial score (nSPS) is 13.7. The lowest BCUT2D eigenvalue weighted by Crippen LogP contribution is -2.35. The van der Waals surface area contributed by atoms with Crippen LogP contribution in [0.5, 0.6) is 0 Å². The number of hydrogen-bond acceptors (Lipinski definition) is 4. The van der Waals surface area contributed by atoms with Crippen molar-refractivity contribution in [3.8, 4) is 0 Å². The van der Waals surface area contributed by atoms with E-state index in [1.807, 2.05) is 23.1 Å². The third kappa shape index (κ3) is 4.77. The van der Waals surface area contributed by atoms with Crippen molar-refractivity contribution >= 4 is 34.4 Å². The standard InChI is InChI=1S/C23H23ClN4O3/c24-18-8-6-16(7-9-18)15-28-21-17(4-1-10-25-21)14-19(23(28)31)22(30)26-11-3-13-27-12-2-5-20(27)29/h1,4,6-10,14H,2-3,5,11-13,15H2,(H,26,30). The summed E-state index contributed by atoms with van der Waals surface area (Å²) in [5.74, 6) is -0.258. The van der Waals surface area contributed by atoms with E-state index in [4.69, 9.17) is 11.6 Å². The van der Waals surface area contributed by atoms with Gasteiger partial charge in [0.1, 0.15) is 11.2 Å². The number of nitrogens with zero attached hydrogens (tertiary/aromatic N) is 3. The first-order valence-corrected chi connectivity index (χ1v) is 10.7. The Morgan fingerprint density at radius 1 is 1.16 bits per heavy atom. The molecule has 1 aliphatic rings. The fourth-order valence-corrected chi connectivity index (χ4v) is 3.92. The summed E-state index contributed by atoms with van der Waals surface area (Å²) >= 11 is 5.96. The summed E-state index contributed by atoms with van der Waals surface area (Å²) in [4.78, 5) is 43.8. The number of likely N-dealkylation sites (tertiary alicyclic amines) is 1. The molecule has 1 aromatic carbocycles. The van der Waals surface area contributed by atoms with Gasteiger partial charge >= 0.3 is 0 Å². The molecule has 2 amide bonds. The molecule has 1 fully saturated rings. The number of fused-ring (bicyclic) bond motifs is 1. The summed E-state index contributed by atoms with van der Waals surface area (Å²) < 4.78 is 1.51. The van der Waals surface area contributed by atoms with Gasteiger partial charge in [0.15, 0.2) is 0 Å². The Hall–Kier alpha value is -3.19. The molecule has 1 saturated heterocycles. The third-order valence-corrected chi connectivity index (χ3v) is 5.66. The fourth-order valence-electron chi connectivity index (χ4n) is 3.80. The maximum atomic E-state index is 13.2. The van der Waals surface area contributed by atoms with E-state index in [1.165, 1.54) is 4.57 Å². The average molecular weight is 439 g/mol. The van der Waals surface area contributed by atoms with Gasteiger partial charge in [0, 0.05) is 42.7 Å². The van der Waals surface area contributed by atoms with Gasteiger partial charge in [-0.15, -0.1) is 0 Å². The number of hydrogen-bond donors (Lipinski definition) is 1. The molecular formula is C23H23ClN4O3. The first-order chi connectivity index (χ1) is 15.0. The predicted molar refractivity (Wildman–Crippen MR) is 119 cm³/mol. The molecule has 0 bridgehead atoms. The van der Waals surface area contributed by atoms with Crippen LogP contribution in [-0.4, -0.2) is 45.9 Å². The number of aromatic nitrogens is 2. The minimum Gasteiger partial charge on any atom is -0.352 e. The lowest BCUT2D eigenvalue weighted by molar-refractivity contribution is -0.127. The summed E-state index contributed by atoms with van der Waals surface area (Å²) in [5, 5.41) is 4.14. The number of pyridine rings is 2. The maximum Gasteiger partial charge on any atom is 0.265 e. The van der Waals surface area contributed by atoms with Gasteiger partial charge in [-0.3, -0.25) is 19.0 Å². The zero-order valence-electron chi connectivity index (χ0n) is 17.0. The first kappa shape index (κ1) is 21.1. The van der Waals surface area contributed by atoms with Crippen LogP contribution in [0.4, 0.5) is 0 Å². The number of nitrogens with one attached hydrogen (secondary N) is 1. The molecule has 3 heterocycles. The molecule has 0 spiro atoms. The van der Waals surface area contributed by atoms with E-state index >= 15 is 0 Å². The monoisotopic (exact) mass is 438 g/mol. The van der Waals surface area contributed by atoms with Crippen molar-refractivity contribution in [2.45, 2.75) is 25.8 Å². The van der Waals surface area contributed by atoms with Crippen molar-refractivity contribution in [3.05, 3.63) is 75.2 Å². The molecule has 3 aromatic rings. The van der Waals surface area contributed by atoms with Crippen LogP contribution in [0.15, 0.2) is 53.5 Å². The third-order valence-electron chi connectivity index (χ3n) is 5.41. The van der Waals surface area contributed by atoms with E-state index in [2.05, 4.69) is 10.3 Å². The van der Waals surface area contributed by atoms with Crippen LogP contribution in [0.3, 0.4) is 0 Å². The van der Waals surface area contributed by atoms with E-state index < -0.39 is 11.5 Å². The van der Waals surface area contributed by atoms with Crippen LogP contribution >= 0.6 is 11.6 Å². The maximum absolute atomic E-state index is 13.2. The zero-order chi connectivity index (χ0) is 21.8. The summed E-state index contributed by atoms with van der Waals surface area (Å²) in [6.07, 6.45) is 3.76. The Bertz CT molecular complexity index is 1170. The van der Waals surface area contributed by atoms with Crippen molar-refractivity contribution in [2.75, 3.05) is 19.6 Å². The van der Waals surface area contributed by atoms with Crippen molar-refractivity contribution in [3.63, 3.8) is 0 Å². The molecule has 8 heteroatoms. The molecule has 0 radical (unpaired) electrons. The second-order valence-electron chi connectivity index (χ2n) is 7.59. The highest BCUT2D eigenvalue weighted by Gasteiger charge is 2.20. The SMILES string of the molecule is O=C(NCCCN1CCCC1=O)c1cc2cccnc2n(Cc2ccc(Cl)cc2)c1=O. The minimum absolute atomic E-state index is 0.0757. The number of halogens is 1. The van der Waals surface area contributed by atoms with Gasteiger partial charge in [-0.2, -0.15) is 0 Å². The number of benzene rings is 1. The van der Waals surface area contributed by atoms with E-state index in [9.17, 15) is 14.4 Å². The van der Waals surface area contributed by atoms with Crippen molar-refractivity contribution in [1.82, 2.24) is 19.8 Å². The van der Waals surface area contributed by atoms with Gasteiger partial charge in [-0.25, -0.2) is 4.98 Å². The van der Waals surface area contributed by atoms with Crippen LogP contribution in [0.1, 0.15) is 35.2 Å². The topological polar surface area (TPSA) is 84.3 Å². The molecule has 4 rings (SSSR count). The lowest BCUT2D eigenvalue weighted by Gasteiger charge is -2.15. The van der Waals surface area contributed by atoms with Gasteiger partial charge in [-0.05, 0) is 48.7 Å². The van der Waals surface area contributed by atoms with E-state index in [-0.39, 0.29) is 18.0 Å². The molecule has 31 heavy (non-hydrogen) atoms. The van der Waals surface area contributed by atoms with Crippen LogP contribution < -0.4 is 10.9 Å². The second kappa shape index (κ2) is 9.31. The molecular weight excluding hydrogens is 416 g/mol. The Morgan fingerprint density at radius 3 is 2.71 bits per heavy atom. The Kier molecular flexibility index (Phi) is 6.32. The summed E-state index contributed by atoms with van der Waals surface area (Å²) in [7, 11) is 0. The molecule has 0 aliphatic carbocycles. The summed E-state index contributed by atoms with van der Waals surface area (Å²) in [5.41, 5.74) is 1.08. The Labute approximate surface area is 184 Å². The number of amides is 2. The average Bonchev–Trinajstić information content (AvgIpc) is 3.19. The van der Waals surface area contributed by atoms with Gasteiger partial charge in [0.05, 0.1) is 6.54 Å². The molecule has 160 valence electrons. The summed E-state index contributed by atoms with van der Waals surface area (Å²) in [6.45, 7) is 2.06. The Morgan fingerprint density at radius 2 is 1.97 bits per heavy atom. The van der Waals surface area contributed by atoms with Crippen molar-refractivity contribution in [1.29, 1.82) is 0 Å². The van der Waals surface area contributed by atoms with Crippen LogP contribution in [0, 0.1) is 0 Å². The number of carbonyl (C=O) groups excluding carboxylic acids is 2. The van der Waals surface area contributed by atoms with Crippen LogP contribution in [-0.2, 0) is 11.3 Å². The molecule has 0 atom stereocenters. The highest BCUT2D eigenvalue weighted by Crippen LogP contribution is 2.15. The largest absolute Gasteiger partial charge is 0.352 e. The van der Waals surface area contributed by atoms with E-state index in [0.717, 1.165) is 18.5 Å². The molecule has 7 nitrogen and oxygen atoms in total. The number of rotatable bonds is 7. The van der Waals surface area contributed by atoms with Crippen molar-refractivity contribution in [2.24, 2.45) is 0 Å². The lowest BCUT2D eigenvalue weighted by atomic mass is 10.1. The van der Waals surface area contributed by atoms with Gasteiger partial charge < -0.3 is 10.2 Å². The highest BCUT2D eigenvalue weighted by atomic mass is 35.5. The minimum atomic E-state index is -0.423. The second-order valence-corrected chi connectivity index (χ2v) is 8.02. The Balaban J connectivity index is 1.53. The van der Waals surface area contributed by atoms with E-state index in [0.29, 0.717) is 42.0 Å². The fraction of sp³-hybridized carbons (Fsp3) is 0.304. The van der Waals surface area contributed by atoms with Crippen LogP contribution in [0.2, 0.25) is 5.02 Å². The van der Waals surface area contributed by atoms with Crippen LogP contribution in [0.25, 0.3) is 11.0 Å². The molecule has 2 aromatic heterocycles. The van der Waals surface area contributed by atoms with Crippen molar-refractivity contribution < 1.29 is 9.59 Å². The molecule has 0 unspecified atom stereocenters. The zero-order valence-corrected chi connectivity index (χ0v) is 17.8.